The summed E-state index contributed by atoms with van der Waals surface area (Å²) in [4.78, 5) is 17.7. The first-order valence-corrected chi connectivity index (χ1v) is 13.3. The van der Waals surface area contributed by atoms with E-state index in [2.05, 4.69) is 45.9 Å². The maximum atomic E-state index is 12.7. The van der Waals surface area contributed by atoms with Gasteiger partial charge in [-0.15, -0.1) is 0 Å². The van der Waals surface area contributed by atoms with Gasteiger partial charge in [0.05, 0.1) is 18.4 Å². The SMILES string of the molecule is COc1ccccc1C1=N/C(=C2\C=C[C@@]3(C)C(=C2)CC[C@@H]2[C@@H]3CC[C@]3(C)C(=O)CC[C@@H]23)C(C)(C)O1. The molecular weight excluding hydrogens is 434 g/mol. The van der Waals surface area contributed by atoms with E-state index in [1.165, 1.54) is 12.0 Å². The molecule has 1 aromatic carbocycles. The lowest BCUT2D eigenvalue weighted by atomic mass is 9.48. The molecule has 6 rings (SSSR count). The number of carbonyl (C=O) groups excluding carboxylic acids is 1. The number of ketones is 1. The van der Waals surface area contributed by atoms with E-state index < -0.39 is 5.60 Å². The Morgan fingerprint density at radius 2 is 1.83 bits per heavy atom. The van der Waals surface area contributed by atoms with Crippen molar-refractivity contribution >= 4 is 11.7 Å². The van der Waals surface area contributed by atoms with Gasteiger partial charge in [-0.1, -0.05) is 49.8 Å². The fourth-order valence-corrected chi connectivity index (χ4v) is 8.04. The molecule has 184 valence electrons. The number of carbonyl (C=O) groups is 1. The number of methoxy groups -OCH3 is 1. The average molecular weight is 472 g/mol. The highest BCUT2D eigenvalue weighted by molar-refractivity contribution is 5.99. The van der Waals surface area contributed by atoms with Crippen molar-refractivity contribution in [3.8, 4) is 5.75 Å². The molecule has 3 saturated carbocycles. The van der Waals surface area contributed by atoms with Crippen LogP contribution in [0.1, 0.15) is 71.8 Å². The smallest absolute Gasteiger partial charge is 0.225 e. The van der Waals surface area contributed by atoms with E-state index in [1.807, 2.05) is 24.3 Å². The average Bonchev–Trinajstić information content (AvgIpc) is 3.33. The maximum Gasteiger partial charge on any atom is 0.225 e. The van der Waals surface area contributed by atoms with E-state index in [0.29, 0.717) is 29.4 Å². The third-order valence-corrected chi connectivity index (χ3v) is 10.0. The predicted molar refractivity (Wildman–Crippen MR) is 138 cm³/mol. The molecule has 1 heterocycles. The summed E-state index contributed by atoms with van der Waals surface area (Å²) >= 11 is 0. The molecule has 0 bridgehead atoms. The predicted octanol–water partition coefficient (Wildman–Crippen LogP) is 6.81. The molecule has 0 amide bonds. The van der Waals surface area contributed by atoms with Crippen LogP contribution in [0.15, 0.2) is 64.3 Å². The van der Waals surface area contributed by atoms with E-state index in [-0.39, 0.29) is 10.8 Å². The molecule has 0 radical (unpaired) electrons. The van der Waals surface area contributed by atoms with Crippen molar-refractivity contribution in [3.05, 3.63) is 64.9 Å². The number of ether oxygens (including phenoxy) is 2. The van der Waals surface area contributed by atoms with Crippen molar-refractivity contribution in [2.45, 2.75) is 71.8 Å². The van der Waals surface area contributed by atoms with Gasteiger partial charge in [0, 0.05) is 17.3 Å². The van der Waals surface area contributed by atoms with E-state index in [1.54, 1.807) is 7.11 Å². The monoisotopic (exact) mass is 471 g/mol. The quantitative estimate of drug-likeness (QED) is 0.476. The Bertz CT molecular complexity index is 1220. The summed E-state index contributed by atoms with van der Waals surface area (Å²) in [5, 5.41) is 0. The van der Waals surface area contributed by atoms with Gasteiger partial charge in [0.15, 0.2) is 0 Å². The Labute approximate surface area is 209 Å². The zero-order chi connectivity index (χ0) is 24.6. The summed E-state index contributed by atoms with van der Waals surface area (Å²) in [6.07, 6.45) is 13.5. The number of nitrogens with zero attached hydrogens (tertiary/aromatic N) is 1. The van der Waals surface area contributed by atoms with Crippen molar-refractivity contribution < 1.29 is 14.3 Å². The Kier molecular flexibility index (Phi) is 5.01. The molecule has 5 aliphatic rings. The number of fused-ring (bicyclic) bond motifs is 5. The number of para-hydroxylation sites is 1. The van der Waals surface area contributed by atoms with Gasteiger partial charge in [-0.3, -0.25) is 4.79 Å². The molecule has 0 spiro atoms. The minimum absolute atomic E-state index is 0.0682. The van der Waals surface area contributed by atoms with Crippen LogP contribution in [0, 0.1) is 28.6 Å². The minimum atomic E-state index is -0.519. The lowest BCUT2D eigenvalue weighted by Crippen LogP contribution is -2.49. The van der Waals surface area contributed by atoms with Crippen LogP contribution in [-0.4, -0.2) is 24.4 Å². The summed E-state index contributed by atoms with van der Waals surface area (Å²) in [7, 11) is 1.68. The van der Waals surface area contributed by atoms with Crippen molar-refractivity contribution in [1.82, 2.24) is 0 Å². The molecule has 5 atom stereocenters. The molecule has 0 unspecified atom stereocenters. The Balaban J connectivity index is 1.35. The van der Waals surface area contributed by atoms with Crippen LogP contribution in [-0.2, 0) is 9.53 Å². The third-order valence-electron chi connectivity index (χ3n) is 10.0. The van der Waals surface area contributed by atoms with E-state index >= 15 is 0 Å². The summed E-state index contributed by atoms with van der Waals surface area (Å²) in [6, 6.07) is 7.89. The van der Waals surface area contributed by atoms with Crippen molar-refractivity contribution in [3.63, 3.8) is 0 Å². The zero-order valence-corrected chi connectivity index (χ0v) is 21.7. The van der Waals surface area contributed by atoms with Crippen LogP contribution >= 0.6 is 0 Å². The van der Waals surface area contributed by atoms with Gasteiger partial charge in [0.1, 0.15) is 17.1 Å². The number of aliphatic imine (C=N–C) groups is 1. The zero-order valence-electron chi connectivity index (χ0n) is 21.7. The van der Waals surface area contributed by atoms with Gasteiger partial charge >= 0.3 is 0 Å². The van der Waals surface area contributed by atoms with E-state index in [9.17, 15) is 4.79 Å². The van der Waals surface area contributed by atoms with Gasteiger partial charge in [-0.25, -0.2) is 4.99 Å². The van der Waals surface area contributed by atoms with Crippen LogP contribution < -0.4 is 4.74 Å². The Hall–Kier alpha value is -2.62. The second-order valence-electron chi connectivity index (χ2n) is 12.2. The number of Topliss-reactive ketones (excluding diaryl/α,β-unsaturated/α-hetero) is 1. The second kappa shape index (κ2) is 7.69. The van der Waals surface area contributed by atoms with Crippen LogP contribution in [0.25, 0.3) is 0 Å². The molecule has 3 fully saturated rings. The molecular formula is C31H37NO3. The molecule has 4 heteroatoms. The summed E-state index contributed by atoms with van der Waals surface area (Å²) in [6.45, 7) is 8.89. The molecule has 0 N–H and O–H groups in total. The van der Waals surface area contributed by atoms with Crippen LogP contribution in [0.3, 0.4) is 0 Å². The highest BCUT2D eigenvalue weighted by atomic mass is 16.5. The highest BCUT2D eigenvalue weighted by Crippen LogP contribution is 2.64. The fraction of sp³-hybridized carbons (Fsp3) is 0.548. The highest BCUT2D eigenvalue weighted by Gasteiger charge is 2.58. The Morgan fingerprint density at radius 3 is 2.63 bits per heavy atom. The first-order valence-electron chi connectivity index (χ1n) is 13.3. The van der Waals surface area contributed by atoms with Gasteiger partial charge in [0.2, 0.25) is 5.90 Å². The molecule has 0 saturated heterocycles. The normalized spacial score (nSPS) is 39.2. The fourth-order valence-electron chi connectivity index (χ4n) is 8.04. The molecule has 4 aliphatic carbocycles. The number of hydrogen-bond donors (Lipinski definition) is 0. The second-order valence-corrected chi connectivity index (χ2v) is 12.2. The third kappa shape index (κ3) is 3.24. The molecule has 1 aromatic rings. The minimum Gasteiger partial charge on any atom is -0.496 e. The van der Waals surface area contributed by atoms with Gasteiger partial charge < -0.3 is 9.47 Å². The first-order chi connectivity index (χ1) is 16.7. The lowest BCUT2D eigenvalue weighted by Gasteiger charge is -2.55. The van der Waals surface area contributed by atoms with Gasteiger partial charge in [-0.05, 0) is 81.4 Å². The van der Waals surface area contributed by atoms with Gasteiger partial charge in [0.25, 0.3) is 0 Å². The summed E-state index contributed by atoms with van der Waals surface area (Å²) in [5.74, 6) is 3.75. The number of rotatable bonds is 2. The summed E-state index contributed by atoms with van der Waals surface area (Å²) < 4.78 is 11.9. The number of benzene rings is 1. The van der Waals surface area contributed by atoms with Crippen LogP contribution in [0.2, 0.25) is 0 Å². The molecule has 35 heavy (non-hydrogen) atoms. The first kappa shape index (κ1) is 22.8. The van der Waals surface area contributed by atoms with Crippen LogP contribution in [0.4, 0.5) is 0 Å². The largest absolute Gasteiger partial charge is 0.496 e. The van der Waals surface area contributed by atoms with E-state index in [4.69, 9.17) is 14.5 Å². The number of hydrogen-bond acceptors (Lipinski definition) is 4. The van der Waals surface area contributed by atoms with Crippen molar-refractivity contribution in [2.75, 3.05) is 7.11 Å². The molecule has 1 aliphatic heterocycles. The van der Waals surface area contributed by atoms with Crippen LogP contribution in [0.5, 0.6) is 5.75 Å². The summed E-state index contributed by atoms with van der Waals surface area (Å²) in [5.41, 5.74) is 4.01. The standard InChI is InChI=1S/C31H37NO3/c1-29(2)27(32-28(35-29)22-8-6-7-9-25(22)34-5)19-14-16-30(3)20(18-19)10-11-21-23-12-13-26(33)31(23,4)17-15-24(21)30/h6-9,14,16,18,21,23-24H,10-13,15,17H2,1-5H3/b27-19+/t21-,23-,24-,30-,31-/m0/s1. The molecule has 4 nitrogen and oxygen atoms in total. The lowest BCUT2D eigenvalue weighted by molar-refractivity contribution is -0.131. The Morgan fingerprint density at radius 1 is 1.03 bits per heavy atom. The van der Waals surface area contributed by atoms with Crippen molar-refractivity contribution in [2.24, 2.45) is 33.6 Å². The topological polar surface area (TPSA) is 47.9 Å². The van der Waals surface area contributed by atoms with E-state index in [0.717, 1.165) is 54.7 Å². The molecule has 0 aromatic heterocycles. The van der Waals surface area contributed by atoms with Crippen molar-refractivity contribution in [1.29, 1.82) is 0 Å². The maximum absolute atomic E-state index is 12.7. The van der Waals surface area contributed by atoms with Gasteiger partial charge in [-0.2, -0.15) is 0 Å². The number of allylic oxidation sites excluding steroid dienone is 5.